The van der Waals surface area contributed by atoms with E-state index >= 15 is 0 Å². The second kappa shape index (κ2) is 6.51. The van der Waals surface area contributed by atoms with Gasteiger partial charge < -0.3 is 19.4 Å². The minimum absolute atomic E-state index is 0.102. The number of nitrogens with one attached hydrogen (secondary N) is 1. The molecule has 0 saturated carbocycles. The fourth-order valence-electron chi connectivity index (χ4n) is 2.84. The number of hydrogen-bond donors (Lipinski definition) is 1. The van der Waals surface area contributed by atoms with Crippen LogP contribution in [0.3, 0.4) is 0 Å². The first-order valence-corrected chi connectivity index (χ1v) is 8.25. The molecule has 0 bridgehead atoms. The summed E-state index contributed by atoms with van der Waals surface area (Å²) < 4.78 is 12.5. The van der Waals surface area contributed by atoms with Crippen LogP contribution in [0.25, 0.3) is 11.4 Å². The van der Waals surface area contributed by atoms with Crippen LogP contribution in [0.4, 0.5) is 5.69 Å². The molecule has 0 aliphatic carbocycles. The van der Waals surface area contributed by atoms with Crippen molar-refractivity contribution in [2.75, 3.05) is 12.1 Å². The van der Waals surface area contributed by atoms with Crippen molar-refractivity contribution >= 4 is 11.6 Å². The number of aromatic nitrogens is 3. The standard InChI is InChI=1S/C19H18N4O3/c1-12-21-22-19(23(12)2)14-4-3-5-15(10-14)20-18(24)9-13-6-7-16-17(8-13)26-11-25-16/h3-8,10H,9,11H2,1-2H3,(H,20,24). The van der Waals surface area contributed by atoms with Gasteiger partial charge in [0.15, 0.2) is 17.3 Å². The van der Waals surface area contributed by atoms with Crippen LogP contribution in [0, 0.1) is 6.92 Å². The van der Waals surface area contributed by atoms with Crippen molar-refractivity contribution in [2.45, 2.75) is 13.3 Å². The first kappa shape index (κ1) is 16.1. The van der Waals surface area contributed by atoms with Crippen LogP contribution in [0.5, 0.6) is 11.5 Å². The molecule has 1 N–H and O–H groups in total. The van der Waals surface area contributed by atoms with Gasteiger partial charge in [0.1, 0.15) is 5.82 Å². The fourth-order valence-corrected chi connectivity index (χ4v) is 2.84. The number of hydrogen-bond acceptors (Lipinski definition) is 5. The van der Waals surface area contributed by atoms with Gasteiger partial charge in [-0.25, -0.2) is 0 Å². The van der Waals surface area contributed by atoms with Gasteiger partial charge >= 0.3 is 0 Å². The molecule has 1 aliphatic heterocycles. The van der Waals surface area contributed by atoms with E-state index in [1.807, 2.05) is 61.0 Å². The Kier molecular flexibility index (Phi) is 4.04. The molecular formula is C19H18N4O3. The third-order valence-electron chi connectivity index (χ3n) is 4.30. The van der Waals surface area contributed by atoms with Gasteiger partial charge in [-0.05, 0) is 36.8 Å². The highest BCUT2D eigenvalue weighted by atomic mass is 16.7. The van der Waals surface area contributed by atoms with Crippen molar-refractivity contribution < 1.29 is 14.3 Å². The predicted molar refractivity (Wildman–Crippen MR) is 96.1 cm³/mol. The van der Waals surface area contributed by atoms with Gasteiger partial charge in [-0.2, -0.15) is 0 Å². The quantitative estimate of drug-likeness (QED) is 0.783. The van der Waals surface area contributed by atoms with Gasteiger partial charge in [0.2, 0.25) is 12.7 Å². The Labute approximate surface area is 150 Å². The maximum absolute atomic E-state index is 12.4. The molecule has 2 aromatic carbocycles. The monoisotopic (exact) mass is 350 g/mol. The largest absolute Gasteiger partial charge is 0.454 e. The molecule has 26 heavy (non-hydrogen) atoms. The number of fused-ring (bicyclic) bond motifs is 1. The average Bonchev–Trinajstić information content (AvgIpc) is 3.22. The van der Waals surface area contributed by atoms with Crippen LogP contribution in [-0.2, 0) is 18.3 Å². The highest BCUT2D eigenvalue weighted by Crippen LogP contribution is 2.32. The maximum Gasteiger partial charge on any atom is 0.231 e. The lowest BCUT2D eigenvalue weighted by Gasteiger charge is -2.08. The Morgan fingerprint density at radius 2 is 2.00 bits per heavy atom. The summed E-state index contributed by atoms with van der Waals surface area (Å²) in [6, 6.07) is 13.1. The molecule has 0 saturated heterocycles. The van der Waals surface area contributed by atoms with Crippen molar-refractivity contribution in [3.63, 3.8) is 0 Å². The van der Waals surface area contributed by atoms with Crippen LogP contribution >= 0.6 is 0 Å². The molecule has 0 fully saturated rings. The van der Waals surface area contributed by atoms with Crippen molar-refractivity contribution in [3.8, 4) is 22.9 Å². The summed E-state index contributed by atoms with van der Waals surface area (Å²) >= 11 is 0. The number of benzene rings is 2. The number of rotatable bonds is 4. The van der Waals surface area contributed by atoms with E-state index < -0.39 is 0 Å². The molecule has 2 heterocycles. The number of ether oxygens (including phenoxy) is 2. The SMILES string of the molecule is Cc1nnc(-c2cccc(NC(=O)Cc3ccc4c(c3)OCO4)c2)n1C. The van der Waals surface area contributed by atoms with Crippen LogP contribution in [-0.4, -0.2) is 27.5 Å². The summed E-state index contributed by atoms with van der Waals surface area (Å²) in [6.07, 6.45) is 0.254. The lowest BCUT2D eigenvalue weighted by atomic mass is 10.1. The number of aryl methyl sites for hydroxylation is 1. The first-order chi connectivity index (χ1) is 12.6. The molecule has 1 amide bonds. The van der Waals surface area contributed by atoms with E-state index in [9.17, 15) is 4.79 Å². The van der Waals surface area contributed by atoms with E-state index in [1.165, 1.54) is 0 Å². The van der Waals surface area contributed by atoms with Crippen molar-refractivity contribution in [1.29, 1.82) is 0 Å². The molecule has 0 unspecified atom stereocenters. The zero-order valence-corrected chi connectivity index (χ0v) is 14.5. The highest BCUT2D eigenvalue weighted by molar-refractivity contribution is 5.92. The van der Waals surface area contributed by atoms with E-state index in [0.29, 0.717) is 17.2 Å². The number of nitrogens with zero attached hydrogens (tertiary/aromatic N) is 3. The fraction of sp³-hybridized carbons (Fsp3) is 0.211. The van der Waals surface area contributed by atoms with Crippen LogP contribution in [0.2, 0.25) is 0 Å². The van der Waals surface area contributed by atoms with Gasteiger partial charge in [-0.1, -0.05) is 18.2 Å². The summed E-state index contributed by atoms with van der Waals surface area (Å²) in [5, 5.41) is 11.2. The van der Waals surface area contributed by atoms with E-state index in [2.05, 4.69) is 15.5 Å². The second-order valence-electron chi connectivity index (χ2n) is 6.12. The molecule has 1 aromatic heterocycles. The van der Waals surface area contributed by atoms with Gasteiger partial charge in [0.05, 0.1) is 6.42 Å². The Morgan fingerprint density at radius 3 is 2.81 bits per heavy atom. The molecule has 7 heteroatoms. The Balaban J connectivity index is 1.48. The van der Waals surface area contributed by atoms with E-state index in [-0.39, 0.29) is 19.1 Å². The van der Waals surface area contributed by atoms with Crippen molar-refractivity contribution in [3.05, 3.63) is 53.9 Å². The Bertz CT molecular complexity index is 981. The summed E-state index contributed by atoms with van der Waals surface area (Å²) in [7, 11) is 1.91. The normalized spacial score (nSPS) is 12.2. The summed E-state index contributed by atoms with van der Waals surface area (Å²) in [4.78, 5) is 12.4. The van der Waals surface area contributed by atoms with Gasteiger partial charge in [-0.15, -0.1) is 10.2 Å². The van der Waals surface area contributed by atoms with Crippen molar-refractivity contribution in [2.24, 2.45) is 7.05 Å². The number of carbonyl (C=O) groups excluding carboxylic acids is 1. The topological polar surface area (TPSA) is 78.3 Å². The molecule has 4 rings (SSSR count). The van der Waals surface area contributed by atoms with Crippen LogP contribution < -0.4 is 14.8 Å². The number of carbonyl (C=O) groups is 1. The zero-order valence-electron chi connectivity index (χ0n) is 14.5. The van der Waals surface area contributed by atoms with Gasteiger partial charge in [-0.3, -0.25) is 4.79 Å². The zero-order chi connectivity index (χ0) is 18.1. The second-order valence-corrected chi connectivity index (χ2v) is 6.12. The predicted octanol–water partition coefficient (Wildman–Crippen LogP) is 2.70. The number of amides is 1. The Hall–Kier alpha value is -3.35. The molecule has 1 aliphatic rings. The third-order valence-corrected chi connectivity index (χ3v) is 4.30. The summed E-state index contributed by atoms with van der Waals surface area (Å²) in [6.45, 7) is 2.12. The van der Waals surface area contributed by atoms with Crippen LogP contribution in [0.1, 0.15) is 11.4 Å². The summed E-state index contributed by atoms with van der Waals surface area (Å²) in [5.74, 6) is 2.87. The highest BCUT2D eigenvalue weighted by Gasteiger charge is 2.15. The van der Waals surface area contributed by atoms with Gasteiger partial charge in [0.25, 0.3) is 0 Å². The van der Waals surface area contributed by atoms with Crippen LogP contribution in [0.15, 0.2) is 42.5 Å². The lowest BCUT2D eigenvalue weighted by Crippen LogP contribution is -2.14. The smallest absolute Gasteiger partial charge is 0.231 e. The molecule has 0 atom stereocenters. The van der Waals surface area contributed by atoms with E-state index in [0.717, 1.165) is 22.8 Å². The molecular weight excluding hydrogens is 332 g/mol. The average molecular weight is 350 g/mol. The van der Waals surface area contributed by atoms with Crippen molar-refractivity contribution in [1.82, 2.24) is 14.8 Å². The molecule has 132 valence electrons. The van der Waals surface area contributed by atoms with E-state index in [1.54, 1.807) is 0 Å². The molecule has 0 radical (unpaired) electrons. The summed E-state index contributed by atoms with van der Waals surface area (Å²) in [5.41, 5.74) is 2.48. The number of anilines is 1. The van der Waals surface area contributed by atoms with Gasteiger partial charge in [0, 0.05) is 18.3 Å². The minimum atomic E-state index is -0.102. The third kappa shape index (κ3) is 3.11. The lowest BCUT2D eigenvalue weighted by molar-refractivity contribution is -0.115. The minimum Gasteiger partial charge on any atom is -0.454 e. The Morgan fingerprint density at radius 1 is 1.15 bits per heavy atom. The maximum atomic E-state index is 12.4. The first-order valence-electron chi connectivity index (χ1n) is 8.25. The molecule has 0 spiro atoms. The molecule has 7 nitrogen and oxygen atoms in total. The van der Waals surface area contributed by atoms with E-state index in [4.69, 9.17) is 9.47 Å². The molecule has 3 aromatic rings.